The number of nitrogens with zero attached hydrogens (tertiary/aromatic N) is 1. The van der Waals surface area contributed by atoms with Gasteiger partial charge >= 0.3 is 0 Å². The summed E-state index contributed by atoms with van der Waals surface area (Å²) in [5.41, 5.74) is 1.32. The average molecular weight is 314 g/mol. The van der Waals surface area contributed by atoms with Crippen LogP contribution in [0.25, 0.3) is 0 Å². The third-order valence-electron chi connectivity index (χ3n) is 4.56. The molecule has 1 fully saturated rings. The van der Waals surface area contributed by atoms with Crippen molar-refractivity contribution in [2.24, 2.45) is 5.92 Å². The summed E-state index contributed by atoms with van der Waals surface area (Å²) in [6.45, 7) is 4.12. The van der Waals surface area contributed by atoms with Crippen LogP contribution >= 0.6 is 0 Å². The third kappa shape index (κ3) is 5.19. The van der Waals surface area contributed by atoms with E-state index in [0.29, 0.717) is 18.9 Å². The SMILES string of the molecule is O=C(C[C@H]1C=CCC1)NC[C@@H]1CN(Cc2ccccc2)CCO1. The maximum Gasteiger partial charge on any atom is 0.220 e. The van der Waals surface area contributed by atoms with Crippen molar-refractivity contribution in [3.63, 3.8) is 0 Å². The predicted octanol–water partition coefficient (Wildman–Crippen LogP) is 2.36. The molecule has 0 aromatic heterocycles. The molecule has 1 heterocycles. The Balaban J connectivity index is 1.39. The fourth-order valence-corrected chi connectivity index (χ4v) is 3.29. The van der Waals surface area contributed by atoms with Gasteiger partial charge in [0, 0.05) is 32.6 Å². The summed E-state index contributed by atoms with van der Waals surface area (Å²) in [4.78, 5) is 14.4. The van der Waals surface area contributed by atoms with E-state index >= 15 is 0 Å². The number of allylic oxidation sites excluding steroid dienone is 2. The Morgan fingerprint density at radius 2 is 2.17 bits per heavy atom. The lowest BCUT2D eigenvalue weighted by Crippen LogP contribution is -2.47. The van der Waals surface area contributed by atoms with Gasteiger partial charge in [-0.3, -0.25) is 9.69 Å². The topological polar surface area (TPSA) is 41.6 Å². The van der Waals surface area contributed by atoms with E-state index in [1.165, 1.54) is 5.56 Å². The quantitative estimate of drug-likeness (QED) is 0.820. The van der Waals surface area contributed by atoms with E-state index in [2.05, 4.69) is 46.6 Å². The zero-order valence-electron chi connectivity index (χ0n) is 13.6. The molecule has 1 aromatic carbocycles. The first-order chi connectivity index (χ1) is 11.3. The second-order valence-electron chi connectivity index (χ2n) is 6.49. The Bertz CT molecular complexity index is 529. The van der Waals surface area contributed by atoms with Gasteiger partial charge in [0.1, 0.15) is 0 Å². The number of hydrogen-bond donors (Lipinski definition) is 1. The molecule has 124 valence electrons. The number of ether oxygens (including phenoxy) is 1. The molecule has 0 radical (unpaired) electrons. The van der Waals surface area contributed by atoms with E-state index in [4.69, 9.17) is 4.74 Å². The third-order valence-corrected chi connectivity index (χ3v) is 4.56. The highest BCUT2D eigenvalue weighted by Crippen LogP contribution is 2.20. The minimum atomic E-state index is 0.0931. The fourth-order valence-electron chi connectivity index (χ4n) is 3.29. The van der Waals surface area contributed by atoms with E-state index < -0.39 is 0 Å². The molecular weight excluding hydrogens is 288 g/mol. The highest BCUT2D eigenvalue weighted by molar-refractivity contribution is 5.76. The lowest BCUT2D eigenvalue weighted by Gasteiger charge is -2.33. The number of benzene rings is 1. The molecule has 2 atom stereocenters. The first-order valence-corrected chi connectivity index (χ1v) is 8.61. The van der Waals surface area contributed by atoms with Crippen molar-refractivity contribution in [2.45, 2.75) is 31.9 Å². The Labute approximate surface area is 138 Å². The van der Waals surface area contributed by atoms with Crippen LogP contribution in [0.3, 0.4) is 0 Å². The van der Waals surface area contributed by atoms with E-state index in [1.54, 1.807) is 0 Å². The molecule has 23 heavy (non-hydrogen) atoms. The smallest absolute Gasteiger partial charge is 0.220 e. The Morgan fingerprint density at radius 3 is 2.96 bits per heavy atom. The molecule has 4 nitrogen and oxygen atoms in total. The van der Waals surface area contributed by atoms with Crippen LogP contribution in [-0.2, 0) is 16.1 Å². The van der Waals surface area contributed by atoms with Crippen LogP contribution in [0.15, 0.2) is 42.5 Å². The lowest BCUT2D eigenvalue weighted by atomic mass is 10.1. The van der Waals surface area contributed by atoms with Crippen molar-refractivity contribution in [1.29, 1.82) is 0 Å². The average Bonchev–Trinajstić information content (AvgIpc) is 3.07. The number of carbonyl (C=O) groups is 1. The Morgan fingerprint density at radius 1 is 1.30 bits per heavy atom. The zero-order valence-corrected chi connectivity index (χ0v) is 13.6. The Kier molecular flexibility index (Phi) is 5.83. The van der Waals surface area contributed by atoms with E-state index in [9.17, 15) is 4.79 Å². The molecular formula is C19H26N2O2. The van der Waals surface area contributed by atoms with Gasteiger partial charge in [-0.25, -0.2) is 0 Å². The van der Waals surface area contributed by atoms with Gasteiger partial charge in [-0.1, -0.05) is 42.5 Å². The molecule has 0 saturated carbocycles. The van der Waals surface area contributed by atoms with E-state index in [1.807, 2.05) is 6.07 Å². The second-order valence-corrected chi connectivity index (χ2v) is 6.49. The number of nitrogens with one attached hydrogen (secondary N) is 1. The molecule has 2 aliphatic rings. The van der Waals surface area contributed by atoms with Gasteiger partial charge in [-0.15, -0.1) is 0 Å². The molecule has 1 aromatic rings. The summed E-state index contributed by atoms with van der Waals surface area (Å²) < 4.78 is 5.80. The highest BCUT2D eigenvalue weighted by Gasteiger charge is 2.21. The van der Waals surface area contributed by atoms with Crippen LogP contribution in [0.5, 0.6) is 0 Å². The van der Waals surface area contributed by atoms with Crippen LogP contribution in [0.4, 0.5) is 0 Å². The van der Waals surface area contributed by atoms with E-state index in [-0.39, 0.29) is 12.0 Å². The summed E-state index contributed by atoms with van der Waals surface area (Å²) in [6.07, 6.45) is 7.26. The summed E-state index contributed by atoms with van der Waals surface area (Å²) in [6, 6.07) is 10.5. The van der Waals surface area contributed by atoms with Crippen LogP contribution in [0, 0.1) is 5.92 Å². The molecule has 1 aliphatic heterocycles. The summed E-state index contributed by atoms with van der Waals surface area (Å²) in [7, 11) is 0. The first-order valence-electron chi connectivity index (χ1n) is 8.61. The molecule has 1 saturated heterocycles. The van der Waals surface area contributed by atoms with Crippen LogP contribution in [0.1, 0.15) is 24.8 Å². The van der Waals surface area contributed by atoms with Crippen molar-refractivity contribution in [2.75, 3.05) is 26.2 Å². The van der Waals surface area contributed by atoms with E-state index in [0.717, 1.165) is 39.1 Å². The molecule has 1 N–H and O–H groups in total. The van der Waals surface area contributed by atoms with Gasteiger partial charge in [0.05, 0.1) is 12.7 Å². The number of hydrogen-bond acceptors (Lipinski definition) is 3. The molecule has 0 unspecified atom stereocenters. The minimum absolute atomic E-state index is 0.0931. The fraction of sp³-hybridized carbons (Fsp3) is 0.526. The van der Waals surface area contributed by atoms with Gasteiger partial charge in [0.25, 0.3) is 0 Å². The first kappa shape index (κ1) is 16.2. The van der Waals surface area contributed by atoms with Gasteiger partial charge in [0.15, 0.2) is 0 Å². The van der Waals surface area contributed by atoms with Crippen molar-refractivity contribution in [1.82, 2.24) is 10.2 Å². The van der Waals surface area contributed by atoms with Crippen molar-refractivity contribution in [3.05, 3.63) is 48.0 Å². The molecule has 0 bridgehead atoms. The summed E-state index contributed by atoms with van der Waals surface area (Å²) in [5, 5.41) is 3.04. The van der Waals surface area contributed by atoms with Crippen LogP contribution in [-0.4, -0.2) is 43.2 Å². The summed E-state index contributed by atoms with van der Waals surface area (Å²) >= 11 is 0. The Hall–Kier alpha value is -1.65. The number of carbonyl (C=O) groups excluding carboxylic acids is 1. The zero-order chi connectivity index (χ0) is 15.9. The standard InChI is InChI=1S/C19H26N2O2/c22-19(12-16-6-4-5-7-16)20-13-18-15-21(10-11-23-18)14-17-8-2-1-3-9-17/h1-4,6,8-9,16,18H,5,7,10-15H2,(H,20,22)/t16-,18+/m0/s1. The maximum atomic E-state index is 12.0. The van der Waals surface area contributed by atoms with Gasteiger partial charge in [-0.05, 0) is 24.3 Å². The van der Waals surface area contributed by atoms with Gasteiger partial charge < -0.3 is 10.1 Å². The van der Waals surface area contributed by atoms with Crippen LogP contribution in [0.2, 0.25) is 0 Å². The molecule has 4 heteroatoms. The largest absolute Gasteiger partial charge is 0.374 e. The summed E-state index contributed by atoms with van der Waals surface area (Å²) in [5.74, 6) is 0.571. The molecule has 1 amide bonds. The molecule has 3 rings (SSSR count). The molecule has 1 aliphatic carbocycles. The van der Waals surface area contributed by atoms with Crippen molar-refractivity contribution < 1.29 is 9.53 Å². The van der Waals surface area contributed by atoms with Crippen LogP contribution < -0.4 is 5.32 Å². The number of amides is 1. The predicted molar refractivity (Wildman–Crippen MR) is 90.9 cm³/mol. The van der Waals surface area contributed by atoms with Crippen molar-refractivity contribution in [3.8, 4) is 0 Å². The number of rotatable bonds is 6. The normalized spacial score (nSPS) is 24.7. The maximum absolute atomic E-state index is 12.0. The monoisotopic (exact) mass is 314 g/mol. The highest BCUT2D eigenvalue weighted by atomic mass is 16.5. The lowest BCUT2D eigenvalue weighted by molar-refractivity contribution is -0.123. The van der Waals surface area contributed by atoms with Crippen molar-refractivity contribution >= 4 is 5.91 Å². The minimum Gasteiger partial charge on any atom is -0.374 e. The second kappa shape index (κ2) is 8.27. The molecule has 0 spiro atoms. The van der Waals surface area contributed by atoms with Gasteiger partial charge in [-0.2, -0.15) is 0 Å². The van der Waals surface area contributed by atoms with Gasteiger partial charge in [0.2, 0.25) is 5.91 Å². The number of morpholine rings is 1.